The average molecular weight is 614 g/mol. The standard InChI is InChI=1S/C42H49N2S/c1-40(2,3)31-23-25-32(26-24-31)45-39-29(21-27-37-41(4,5)33-17-10-12-19-35(33)43(37)8)15-14-16-30(39)22-28-38-42(6,7)34-18-11-13-20-36(34)44(38)9/h10-13,17-28H,14-16H2,1-9H3/q+1. The molecule has 0 radical (unpaired) electrons. The number of anilines is 1. The van der Waals surface area contributed by atoms with Crippen molar-refractivity contribution in [2.24, 2.45) is 0 Å². The van der Waals surface area contributed by atoms with Crippen LogP contribution in [0.2, 0.25) is 0 Å². The van der Waals surface area contributed by atoms with Gasteiger partial charge in [0.05, 0.1) is 5.41 Å². The normalized spacial score (nSPS) is 21.0. The number of allylic oxidation sites excluding steroid dienone is 7. The zero-order valence-corrected chi connectivity index (χ0v) is 29.5. The summed E-state index contributed by atoms with van der Waals surface area (Å²) in [6.45, 7) is 16.3. The van der Waals surface area contributed by atoms with Crippen LogP contribution in [0.15, 0.2) is 124 Å². The molecule has 0 saturated carbocycles. The SMILES string of the molecule is CN1/C(=C/C=C2CCCC(C=CC3=[N+](C)c4ccccc4C3(C)C)=C2Sc2ccc(C(C)(C)C)cc2)C(C)(C)c2ccccc21. The number of fused-ring (bicyclic) bond motifs is 2. The van der Waals surface area contributed by atoms with Crippen molar-refractivity contribution in [1.82, 2.24) is 0 Å². The van der Waals surface area contributed by atoms with E-state index in [1.54, 1.807) is 0 Å². The van der Waals surface area contributed by atoms with E-state index >= 15 is 0 Å². The molecule has 0 bridgehead atoms. The van der Waals surface area contributed by atoms with E-state index in [0.717, 1.165) is 19.3 Å². The third-order valence-corrected chi connectivity index (χ3v) is 11.4. The van der Waals surface area contributed by atoms with Crippen LogP contribution in [-0.2, 0) is 16.2 Å². The molecule has 0 amide bonds. The van der Waals surface area contributed by atoms with Crippen molar-refractivity contribution >= 4 is 28.8 Å². The van der Waals surface area contributed by atoms with E-state index in [-0.39, 0.29) is 16.2 Å². The molecule has 3 aliphatic rings. The van der Waals surface area contributed by atoms with E-state index in [2.05, 4.69) is 169 Å². The molecule has 0 unspecified atom stereocenters. The number of hydrogen-bond donors (Lipinski definition) is 0. The summed E-state index contributed by atoms with van der Waals surface area (Å²) >= 11 is 1.94. The molecule has 232 valence electrons. The van der Waals surface area contributed by atoms with Crippen LogP contribution in [0.1, 0.15) is 84.4 Å². The van der Waals surface area contributed by atoms with Gasteiger partial charge in [0, 0.05) is 51.4 Å². The predicted molar refractivity (Wildman–Crippen MR) is 195 cm³/mol. The molecule has 2 aliphatic heterocycles. The number of thioether (sulfide) groups is 1. The average Bonchev–Trinajstić information content (AvgIpc) is 3.33. The Hall–Kier alpha value is -3.56. The van der Waals surface area contributed by atoms with Crippen molar-refractivity contribution in [2.45, 2.75) is 88.9 Å². The molecule has 0 N–H and O–H groups in total. The van der Waals surface area contributed by atoms with Crippen LogP contribution < -0.4 is 4.90 Å². The van der Waals surface area contributed by atoms with Crippen LogP contribution in [0.3, 0.4) is 0 Å². The van der Waals surface area contributed by atoms with Crippen LogP contribution in [0.5, 0.6) is 0 Å². The Morgan fingerprint density at radius 3 is 2.11 bits per heavy atom. The minimum absolute atomic E-state index is 0.0378. The largest absolute Gasteiger partial charge is 0.347 e. The van der Waals surface area contributed by atoms with E-state index in [1.165, 1.54) is 60.4 Å². The highest BCUT2D eigenvalue weighted by Gasteiger charge is 2.42. The summed E-state index contributed by atoms with van der Waals surface area (Å²) in [6, 6.07) is 26.9. The van der Waals surface area contributed by atoms with Gasteiger partial charge in [0.1, 0.15) is 7.05 Å². The second kappa shape index (κ2) is 11.7. The van der Waals surface area contributed by atoms with Gasteiger partial charge in [-0.15, -0.1) is 0 Å². The number of hydrogen-bond acceptors (Lipinski definition) is 2. The van der Waals surface area contributed by atoms with Crippen molar-refractivity contribution in [2.75, 3.05) is 19.0 Å². The number of nitrogens with zero attached hydrogens (tertiary/aromatic N) is 2. The summed E-state index contributed by atoms with van der Waals surface area (Å²) in [6.07, 6.45) is 13.0. The molecule has 0 fully saturated rings. The van der Waals surface area contributed by atoms with Gasteiger partial charge in [-0.2, -0.15) is 4.58 Å². The highest BCUT2D eigenvalue weighted by atomic mass is 32.2. The number of benzene rings is 3. The lowest BCUT2D eigenvalue weighted by Gasteiger charge is -2.25. The summed E-state index contributed by atoms with van der Waals surface area (Å²) in [5.74, 6) is 0. The van der Waals surface area contributed by atoms with Gasteiger partial charge in [-0.3, -0.25) is 0 Å². The summed E-state index contributed by atoms with van der Waals surface area (Å²) in [5, 5.41) is 0. The Kier molecular flexibility index (Phi) is 8.14. The third kappa shape index (κ3) is 5.69. The molecule has 0 saturated heterocycles. The first-order valence-electron chi connectivity index (χ1n) is 16.5. The monoisotopic (exact) mass is 613 g/mol. The van der Waals surface area contributed by atoms with Crippen LogP contribution >= 0.6 is 11.8 Å². The van der Waals surface area contributed by atoms with Crippen LogP contribution in [-0.4, -0.2) is 24.4 Å². The first-order chi connectivity index (χ1) is 21.3. The lowest BCUT2D eigenvalue weighted by Crippen LogP contribution is -2.26. The number of rotatable bonds is 5. The third-order valence-electron chi connectivity index (χ3n) is 10.2. The molecule has 0 spiro atoms. The van der Waals surface area contributed by atoms with Gasteiger partial charge in [-0.1, -0.05) is 107 Å². The quantitative estimate of drug-likeness (QED) is 0.264. The summed E-state index contributed by atoms with van der Waals surface area (Å²) in [4.78, 5) is 5.09. The highest BCUT2D eigenvalue weighted by molar-refractivity contribution is 8.03. The van der Waals surface area contributed by atoms with E-state index in [0.29, 0.717) is 0 Å². The molecule has 3 aromatic rings. The molecular formula is C42H49N2S+. The lowest BCUT2D eigenvalue weighted by atomic mass is 9.81. The smallest absolute Gasteiger partial charge is 0.209 e. The molecule has 0 aromatic heterocycles. The maximum atomic E-state index is 2.42. The second-order valence-corrected chi connectivity index (χ2v) is 16.0. The molecule has 2 heterocycles. The number of para-hydroxylation sites is 2. The molecule has 1 aliphatic carbocycles. The Morgan fingerprint density at radius 1 is 0.778 bits per heavy atom. The molecule has 2 nitrogen and oxygen atoms in total. The van der Waals surface area contributed by atoms with Gasteiger partial charge in [0.2, 0.25) is 5.69 Å². The van der Waals surface area contributed by atoms with Crippen molar-refractivity contribution in [3.05, 3.63) is 136 Å². The van der Waals surface area contributed by atoms with E-state index in [9.17, 15) is 0 Å². The summed E-state index contributed by atoms with van der Waals surface area (Å²) in [5.41, 5.74) is 12.4. The van der Waals surface area contributed by atoms with Crippen molar-refractivity contribution in [3.8, 4) is 0 Å². The molecule has 3 aromatic carbocycles. The highest BCUT2D eigenvalue weighted by Crippen LogP contribution is 2.48. The zero-order valence-electron chi connectivity index (χ0n) is 28.7. The summed E-state index contributed by atoms with van der Waals surface area (Å²) in [7, 11) is 4.43. The molecule has 3 heteroatoms. The van der Waals surface area contributed by atoms with Gasteiger partial charge in [-0.05, 0) is 85.1 Å². The maximum absolute atomic E-state index is 2.42. The zero-order chi connectivity index (χ0) is 32.1. The Labute approximate surface area is 276 Å². The summed E-state index contributed by atoms with van der Waals surface area (Å²) < 4.78 is 2.38. The topological polar surface area (TPSA) is 6.25 Å². The van der Waals surface area contributed by atoms with E-state index < -0.39 is 0 Å². The van der Waals surface area contributed by atoms with Gasteiger partial charge in [0.25, 0.3) is 0 Å². The lowest BCUT2D eigenvalue weighted by molar-refractivity contribution is -0.401. The van der Waals surface area contributed by atoms with Crippen molar-refractivity contribution in [3.63, 3.8) is 0 Å². The fourth-order valence-electron chi connectivity index (χ4n) is 7.46. The van der Waals surface area contributed by atoms with Gasteiger partial charge in [-0.25, -0.2) is 0 Å². The minimum Gasteiger partial charge on any atom is -0.347 e. The fraction of sp³-hybridized carbons (Fsp3) is 0.357. The first-order valence-corrected chi connectivity index (χ1v) is 17.3. The fourth-order valence-corrected chi connectivity index (χ4v) is 8.57. The minimum atomic E-state index is -0.0378. The van der Waals surface area contributed by atoms with Crippen molar-refractivity contribution in [1.29, 1.82) is 0 Å². The van der Waals surface area contributed by atoms with E-state index in [4.69, 9.17) is 0 Å². The Balaban J connectivity index is 1.42. The van der Waals surface area contributed by atoms with E-state index in [1.807, 2.05) is 11.8 Å². The second-order valence-electron chi connectivity index (χ2n) is 14.9. The van der Waals surface area contributed by atoms with Crippen LogP contribution in [0.25, 0.3) is 0 Å². The molecular weight excluding hydrogens is 565 g/mol. The van der Waals surface area contributed by atoms with Gasteiger partial charge >= 0.3 is 0 Å². The van der Waals surface area contributed by atoms with Gasteiger partial charge in [0.15, 0.2) is 5.71 Å². The van der Waals surface area contributed by atoms with Crippen LogP contribution in [0.4, 0.5) is 11.4 Å². The van der Waals surface area contributed by atoms with Crippen molar-refractivity contribution < 1.29 is 4.58 Å². The van der Waals surface area contributed by atoms with Gasteiger partial charge < -0.3 is 4.90 Å². The molecule has 45 heavy (non-hydrogen) atoms. The Bertz CT molecular complexity index is 1780. The first kappa shape index (κ1) is 31.4. The molecule has 0 atom stereocenters. The molecule has 6 rings (SSSR count). The Morgan fingerprint density at radius 2 is 1.44 bits per heavy atom. The maximum Gasteiger partial charge on any atom is 0.209 e. The predicted octanol–water partition coefficient (Wildman–Crippen LogP) is 11.0. The number of likely N-dealkylation sites (N-methyl/N-ethyl adjacent to an activating group) is 1. The van der Waals surface area contributed by atoms with Crippen LogP contribution in [0, 0.1) is 0 Å².